The highest BCUT2D eigenvalue weighted by atomic mass is 31.2. The van der Waals surface area contributed by atoms with Crippen LogP contribution in [0.25, 0.3) is 0 Å². The standard InChI is InChI=1S/C14H30NO5P/c1-3-5-7-9-11-13(12-10-8-6-4-2)19-14(16)21(17,18)20-15/h13H,3-12,15H2,1-2H3,(H,17,18). The Morgan fingerprint density at radius 2 is 1.52 bits per heavy atom. The van der Waals surface area contributed by atoms with E-state index in [2.05, 4.69) is 24.4 Å². The van der Waals surface area contributed by atoms with E-state index < -0.39 is 13.3 Å². The van der Waals surface area contributed by atoms with Crippen molar-refractivity contribution in [1.29, 1.82) is 0 Å². The number of ether oxygens (including phenoxy) is 1. The zero-order chi connectivity index (χ0) is 16.1. The molecule has 1 unspecified atom stereocenters. The monoisotopic (exact) mass is 323 g/mol. The fourth-order valence-electron chi connectivity index (χ4n) is 2.11. The first kappa shape index (κ1) is 20.6. The summed E-state index contributed by atoms with van der Waals surface area (Å²) < 4.78 is 20.2. The third kappa shape index (κ3) is 10.0. The van der Waals surface area contributed by atoms with Crippen LogP contribution in [0.15, 0.2) is 0 Å². The topological polar surface area (TPSA) is 98.9 Å². The Hall–Kier alpha value is -0.420. The second-order valence-corrected chi connectivity index (χ2v) is 6.95. The quantitative estimate of drug-likeness (QED) is 0.294. The first-order chi connectivity index (χ1) is 9.97. The maximum atomic E-state index is 11.5. The van der Waals surface area contributed by atoms with Gasteiger partial charge in [0.2, 0.25) is 0 Å². The molecule has 21 heavy (non-hydrogen) atoms. The molecule has 0 aliphatic carbocycles. The van der Waals surface area contributed by atoms with Crippen LogP contribution in [0.1, 0.15) is 78.1 Å². The maximum Gasteiger partial charge on any atom is 0.451 e. The largest absolute Gasteiger partial charge is 0.453 e. The van der Waals surface area contributed by atoms with Crippen molar-refractivity contribution in [2.75, 3.05) is 0 Å². The number of carbonyl (C=O) groups excluding carboxylic acids is 1. The molecule has 0 amide bonds. The van der Waals surface area contributed by atoms with Crippen molar-refractivity contribution in [3.63, 3.8) is 0 Å². The minimum Gasteiger partial charge on any atom is -0.453 e. The molecular formula is C14H30NO5P. The molecule has 0 aromatic carbocycles. The van der Waals surface area contributed by atoms with Crippen LogP contribution >= 0.6 is 7.60 Å². The lowest BCUT2D eigenvalue weighted by Gasteiger charge is -2.18. The molecule has 126 valence electrons. The molecule has 0 aliphatic heterocycles. The summed E-state index contributed by atoms with van der Waals surface area (Å²) in [7, 11) is -4.49. The Morgan fingerprint density at radius 3 is 1.90 bits per heavy atom. The second-order valence-electron chi connectivity index (χ2n) is 5.33. The summed E-state index contributed by atoms with van der Waals surface area (Å²) in [6.45, 7) is 4.26. The molecule has 6 nitrogen and oxygen atoms in total. The highest BCUT2D eigenvalue weighted by Crippen LogP contribution is 2.42. The lowest BCUT2D eigenvalue weighted by Crippen LogP contribution is -2.19. The van der Waals surface area contributed by atoms with Gasteiger partial charge in [-0.3, -0.25) is 0 Å². The molecule has 1 atom stereocenters. The molecule has 0 bridgehead atoms. The lowest BCUT2D eigenvalue weighted by molar-refractivity contribution is 0.0962. The van der Waals surface area contributed by atoms with Crippen LogP contribution in [0, 0.1) is 0 Å². The minimum atomic E-state index is -4.49. The highest BCUT2D eigenvalue weighted by Gasteiger charge is 2.34. The summed E-state index contributed by atoms with van der Waals surface area (Å²) >= 11 is 0. The van der Waals surface area contributed by atoms with E-state index in [1.165, 1.54) is 0 Å². The third-order valence-corrected chi connectivity index (χ3v) is 4.25. The fraction of sp³-hybridized carbons (Fsp3) is 0.929. The summed E-state index contributed by atoms with van der Waals surface area (Å²) in [5.41, 5.74) is -1.25. The van der Waals surface area contributed by atoms with Crippen molar-refractivity contribution < 1.29 is 23.6 Å². The van der Waals surface area contributed by atoms with E-state index in [4.69, 9.17) is 4.74 Å². The maximum absolute atomic E-state index is 11.5. The Kier molecular flexibility index (Phi) is 11.9. The molecule has 0 heterocycles. The average Bonchev–Trinajstić information content (AvgIpc) is 2.47. The molecule has 0 fully saturated rings. The van der Waals surface area contributed by atoms with Crippen LogP contribution in [-0.2, 0) is 13.9 Å². The zero-order valence-corrected chi connectivity index (χ0v) is 14.1. The van der Waals surface area contributed by atoms with Crippen molar-refractivity contribution in [2.24, 2.45) is 5.90 Å². The van der Waals surface area contributed by atoms with Crippen LogP contribution in [0.4, 0.5) is 4.79 Å². The predicted octanol–water partition coefficient (Wildman–Crippen LogP) is 4.51. The number of hydrogen-bond acceptors (Lipinski definition) is 5. The molecule has 0 aromatic heterocycles. The van der Waals surface area contributed by atoms with Gasteiger partial charge in [0.15, 0.2) is 0 Å². The van der Waals surface area contributed by atoms with Crippen molar-refractivity contribution >= 4 is 13.3 Å². The third-order valence-electron chi connectivity index (χ3n) is 3.40. The molecule has 7 heteroatoms. The molecule has 0 spiro atoms. The van der Waals surface area contributed by atoms with E-state index in [9.17, 15) is 14.3 Å². The number of unbranched alkanes of at least 4 members (excludes halogenated alkanes) is 6. The van der Waals surface area contributed by atoms with Gasteiger partial charge in [-0.1, -0.05) is 52.4 Å². The Labute approximate surface area is 127 Å². The first-order valence-electron chi connectivity index (χ1n) is 7.90. The van der Waals surface area contributed by atoms with Gasteiger partial charge in [-0.2, -0.15) is 0 Å². The van der Waals surface area contributed by atoms with E-state index in [1.807, 2.05) is 0 Å². The molecule has 0 radical (unpaired) electrons. The molecule has 0 rings (SSSR count). The first-order valence-corrected chi connectivity index (χ1v) is 9.48. The highest BCUT2D eigenvalue weighted by molar-refractivity contribution is 7.70. The van der Waals surface area contributed by atoms with Gasteiger partial charge in [0.25, 0.3) is 0 Å². The summed E-state index contributed by atoms with van der Waals surface area (Å²) in [6.07, 6.45) is 9.67. The van der Waals surface area contributed by atoms with Gasteiger partial charge >= 0.3 is 13.3 Å². The van der Waals surface area contributed by atoms with E-state index in [-0.39, 0.29) is 6.10 Å². The summed E-state index contributed by atoms with van der Waals surface area (Å²) in [4.78, 5) is 20.7. The second kappa shape index (κ2) is 12.2. The SMILES string of the molecule is CCCCCCC(CCCCCC)OC(=O)P(=O)(O)ON. The summed E-state index contributed by atoms with van der Waals surface area (Å²) in [5, 5.41) is 0. The van der Waals surface area contributed by atoms with Gasteiger partial charge in [-0.15, -0.1) is 0 Å². The number of carbonyl (C=O) groups is 1. The van der Waals surface area contributed by atoms with Gasteiger partial charge in [0.1, 0.15) is 6.10 Å². The number of hydrogen-bond donors (Lipinski definition) is 2. The van der Waals surface area contributed by atoms with Crippen LogP contribution < -0.4 is 5.90 Å². The smallest absolute Gasteiger partial charge is 0.451 e. The predicted molar refractivity (Wildman–Crippen MR) is 82.9 cm³/mol. The van der Waals surface area contributed by atoms with E-state index in [0.29, 0.717) is 12.8 Å². The van der Waals surface area contributed by atoms with Gasteiger partial charge < -0.3 is 9.63 Å². The van der Waals surface area contributed by atoms with Crippen LogP contribution in [0.5, 0.6) is 0 Å². The van der Waals surface area contributed by atoms with E-state index in [1.54, 1.807) is 0 Å². The minimum absolute atomic E-state index is 0.332. The van der Waals surface area contributed by atoms with Crippen LogP contribution in [0.3, 0.4) is 0 Å². The van der Waals surface area contributed by atoms with Crippen molar-refractivity contribution in [2.45, 2.75) is 84.2 Å². The number of nitrogens with two attached hydrogens (primary N) is 1. The van der Waals surface area contributed by atoms with E-state index >= 15 is 0 Å². The number of rotatable bonds is 13. The molecular weight excluding hydrogens is 293 g/mol. The molecule has 0 aliphatic rings. The molecule has 3 N–H and O–H groups in total. The lowest BCUT2D eigenvalue weighted by atomic mass is 10.0. The van der Waals surface area contributed by atoms with Crippen molar-refractivity contribution in [1.82, 2.24) is 0 Å². The van der Waals surface area contributed by atoms with Crippen LogP contribution in [-0.4, -0.2) is 16.7 Å². The molecule has 0 aromatic rings. The van der Waals surface area contributed by atoms with Gasteiger partial charge in [-0.05, 0) is 25.7 Å². The summed E-state index contributed by atoms with van der Waals surface area (Å²) in [5.74, 6) is 4.65. The average molecular weight is 323 g/mol. The van der Waals surface area contributed by atoms with Gasteiger partial charge in [-0.25, -0.2) is 19.9 Å². The molecule has 0 saturated carbocycles. The Bertz CT molecular complexity index is 312. The van der Waals surface area contributed by atoms with Gasteiger partial charge in [0, 0.05) is 0 Å². The fourth-order valence-corrected chi connectivity index (χ4v) is 2.48. The molecule has 0 saturated heterocycles. The van der Waals surface area contributed by atoms with Crippen molar-refractivity contribution in [3.8, 4) is 0 Å². The van der Waals surface area contributed by atoms with Crippen LogP contribution in [0.2, 0.25) is 0 Å². The normalized spacial score (nSPS) is 14.1. The van der Waals surface area contributed by atoms with Gasteiger partial charge in [0.05, 0.1) is 0 Å². The Balaban J connectivity index is 4.28. The van der Waals surface area contributed by atoms with E-state index in [0.717, 1.165) is 51.4 Å². The summed E-state index contributed by atoms with van der Waals surface area (Å²) in [6, 6.07) is 0. The zero-order valence-electron chi connectivity index (χ0n) is 13.3. The Morgan fingerprint density at radius 1 is 1.05 bits per heavy atom. The van der Waals surface area contributed by atoms with Crippen molar-refractivity contribution in [3.05, 3.63) is 0 Å².